The number of nitrogens with two attached hydrogens (primary N) is 1. The molecule has 1 heterocycles. The second kappa shape index (κ2) is 4.40. The molecule has 2 fully saturated rings. The molecule has 1 unspecified atom stereocenters. The van der Waals surface area contributed by atoms with Crippen LogP contribution in [0.1, 0.15) is 45.4 Å². The molecule has 0 bridgehead atoms. The summed E-state index contributed by atoms with van der Waals surface area (Å²) in [5.41, 5.74) is 6.10. The second-order valence-corrected chi connectivity index (χ2v) is 5.03. The number of hydrogen-bond donors (Lipinski definition) is 1. The van der Waals surface area contributed by atoms with Crippen molar-refractivity contribution in [3.8, 4) is 0 Å². The van der Waals surface area contributed by atoms with Crippen molar-refractivity contribution >= 4 is 0 Å². The molecule has 0 amide bonds. The van der Waals surface area contributed by atoms with Gasteiger partial charge >= 0.3 is 0 Å². The lowest BCUT2D eigenvalue weighted by atomic mass is 9.68. The lowest BCUT2D eigenvalue weighted by molar-refractivity contribution is -0.203. The van der Waals surface area contributed by atoms with Crippen LogP contribution in [0.5, 0.6) is 0 Å². The average Bonchev–Trinajstić information content (AvgIpc) is 2.67. The van der Waals surface area contributed by atoms with Crippen LogP contribution in [0.2, 0.25) is 0 Å². The van der Waals surface area contributed by atoms with E-state index in [1.54, 1.807) is 0 Å². The van der Waals surface area contributed by atoms with Gasteiger partial charge in [-0.3, -0.25) is 0 Å². The third kappa shape index (κ3) is 2.19. The van der Waals surface area contributed by atoms with Gasteiger partial charge < -0.3 is 15.2 Å². The van der Waals surface area contributed by atoms with Gasteiger partial charge in [-0.25, -0.2) is 0 Å². The van der Waals surface area contributed by atoms with Crippen LogP contribution in [0.4, 0.5) is 0 Å². The molecule has 15 heavy (non-hydrogen) atoms. The van der Waals surface area contributed by atoms with Crippen molar-refractivity contribution in [2.24, 2.45) is 11.1 Å². The standard InChI is InChI=1S/C12H23NO2/c1-2-11(6-7-13)4-3-5-12(10-11)14-8-9-15-12/h2-10,13H2,1H3. The van der Waals surface area contributed by atoms with Gasteiger partial charge in [-0.2, -0.15) is 0 Å². The van der Waals surface area contributed by atoms with Crippen LogP contribution >= 0.6 is 0 Å². The Morgan fingerprint density at radius 1 is 1.20 bits per heavy atom. The minimum Gasteiger partial charge on any atom is -0.348 e. The van der Waals surface area contributed by atoms with Gasteiger partial charge in [-0.05, 0) is 31.2 Å². The van der Waals surface area contributed by atoms with E-state index in [0.29, 0.717) is 5.41 Å². The summed E-state index contributed by atoms with van der Waals surface area (Å²) in [6.45, 7) is 4.58. The predicted octanol–water partition coefficient (Wildman–Crippen LogP) is 2.05. The highest BCUT2D eigenvalue weighted by Crippen LogP contribution is 2.49. The fourth-order valence-electron chi connectivity index (χ4n) is 3.22. The first-order valence-corrected chi connectivity index (χ1v) is 6.22. The van der Waals surface area contributed by atoms with E-state index in [0.717, 1.165) is 39.0 Å². The zero-order valence-electron chi connectivity index (χ0n) is 9.76. The molecule has 1 saturated heterocycles. The summed E-state index contributed by atoms with van der Waals surface area (Å²) in [4.78, 5) is 0. The molecule has 2 rings (SSSR count). The van der Waals surface area contributed by atoms with Gasteiger partial charge in [-0.15, -0.1) is 0 Å². The van der Waals surface area contributed by atoms with Crippen molar-refractivity contribution in [3.63, 3.8) is 0 Å². The molecular formula is C12H23NO2. The summed E-state index contributed by atoms with van der Waals surface area (Å²) in [6, 6.07) is 0. The molecule has 0 radical (unpaired) electrons. The Labute approximate surface area is 92.3 Å². The normalized spacial score (nSPS) is 34.8. The Hall–Kier alpha value is -0.120. The van der Waals surface area contributed by atoms with Crippen LogP contribution in [-0.4, -0.2) is 25.5 Å². The van der Waals surface area contributed by atoms with Crippen molar-refractivity contribution in [2.75, 3.05) is 19.8 Å². The van der Waals surface area contributed by atoms with Crippen molar-refractivity contribution in [2.45, 2.75) is 51.2 Å². The molecule has 1 spiro atoms. The molecule has 1 aliphatic carbocycles. The number of ether oxygens (including phenoxy) is 2. The third-order valence-corrected chi connectivity index (χ3v) is 4.15. The summed E-state index contributed by atoms with van der Waals surface area (Å²) in [5.74, 6) is -0.247. The Morgan fingerprint density at radius 2 is 1.93 bits per heavy atom. The smallest absolute Gasteiger partial charge is 0.169 e. The van der Waals surface area contributed by atoms with Gasteiger partial charge in [0, 0.05) is 12.8 Å². The minimum absolute atomic E-state index is 0.247. The highest BCUT2D eigenvalue weighted by Gasteiger charge is 2.47. The van der Waals surface area contributed by atoms with E-state index in [2.05, 4.69) is 6.92 Å². The quantitative estimate of drug-likeness (QED) is 0.780. The molecule has 3 heteroatoms. The predicted molar refractivity (Wildman–Crippen MR) is 59.5 cm³/mol. The largest absolute Gasteiger partial charge is 0.348 e. The number of rotatable bonds is 3. The van der Waals surface area contributed by atoms with Gasteiger partial charge in [0.2, 0.25) is 0 Å². The molecule has 2 aliphatic rings. The van der Waals surface area contributed by atoms with E-state index in [9.17, 15) is 0 Å². The van der Waals surface area contributed by atoms with Gasteiger partial charge in [0.25, 0.3) is 0 Å². The third-order valence-electron chi connectivity index (χ3n) is 4.15. The lowest BCUT2D eigenvalue weighted by Gasteiger charge is -2.44. The van der Waals surface area contributed by atoms with E-state index in [-0.39, 0.29) is 5.79 Å². The van der Waals surface area contributed by atoms with Crippen molar-refractivity contribution in [1.82, 2.24) is 0 Å². The first kappa shape index (κ1) is 11.4. The van der Waals surface area contributed by atoms with Crippen molar-refractivity contribution < 1.29 is 9.47 Å². The number of hydrogen-bond acceptors (Lipinski definition) is 3. The highest BCUT2D eigenvalue weighted by atomic mass is 16.7. The first-order chi connectivity index (χ1) is 7.24. The van der Waals surface area contributed by atoms with Crippen LogP contribution in [0, 0.1) is 5.41 Å². The summed E-state index contributed by atoms with van der Waals surface area (Å²) in [6.07, 6.45) is 6.92. The zero-order valence-corrected chi connectivity index (χ0v) is 9.76. The molecular weight excluding hydrogens is 190 g/mol. The van der Waals surface area contributed by atoms with Crippen molar-refractivity contribution in [1.29, 1.82) is 0 Å². The van der Waals surface area contributed by atoms with E-state index in [1.165, 1.54) is 19.3 Å². The molecule has 0 aromatic heterocycles. The van der Waals surface area contributed by atoms with Gasteiger partial charge in [0.1, 0.15) is 0 Å². The second-order valence-electron chi connectivity index (χ2n) is 5.03. The fourth-order valence-corrected chi connectivity index (χ4v) is 3.22. The Bertz CT molecular complexity index is 210. The van der Waals surface area contributed by atoms with Crippen LogP contribution in [0.3, 0.4) is 0 Å². The molecule has 1 aliphatic heterocycles. The van der Waals surface area contributed by atoms with E-state index >= 15 is 0 Å². The topological polar surface area (TPSA) is 44.5 Å². The molecule has 2 N–H and O–H groups in total. The maximum absolute atomic E-state index is 5.82. The summed E-state index contributed by atoms with van der Waals surface area (Å²) < 4.78 is 11.6. The van der Waals surface area contributed by atoms with E-state index in [4.69, 9.17) is 15.2 Å². The SMILES string of the molecule is CCC1(CCN)CCCC2(C1)OCCO2. The monoisotopic (exact) mass is 213 g/mol. The molecule has 0 aromatic rings. The minimum atomic E-state index is -0.247. The Morgan fingerprint density at radius 3 is 2.53 bits per heavy atom. The molecule has 1 saturated carbocycles. The van der Waals surface area contributed by atoms with Gasteiger partial charge in [-0.1, -0.05) is 13.3 Å². The first-order valence-electron chi connectivity index (χ1n) is 6.22. The van der Waals surface area contributed by atoms with Crippen LogP contribution < -0.4 is 5.73 Å². The lowest BCUT2D eigenvalue weighted by Crippen LogP contribution is -2.43. The Balaban J connectivity index is 2.06. The summed E-state index contributed by atoms with van der Waals surface area (Å²) >= 11 is 0. The molecule has 1 atom stereocenters. The summed E-state index contributed by atoms with van der Waals surface area (Å²) in [5, 5.41) is 0. The van der Waals surface area contributed by atoms with Crippen LogP contribution in [0.15, 0.2) is 0 Å². The molecule has 0 aromatic carbocycles. The van der Waals surface area contributed by atoms with E-state index < -0.39 is 0 Å². The zero-order chi connectivity index (χ0) is 10.8. The molecule has 3 nitrogen and oxygen atoms in total. The fraction of sp³-hybridized carbons (Fsp3) is 1.00. The maximum atomic E-state index is 5.82. The Kier molecular flexibility index (Phi) is 3.33. The summed E-state index contributed by atoms with van der Waals surface area (Å²) in [7, 11) is 0. The van der Waals surface area contributed by atoms with Gasteiger partial charge in [0.05, 0.1) is 13.2 Å². The highest BCUT2D eigenvalue weighted by molar-refractivity contribution is 4.92. The van der Waals surface area contributed by atoms with Crippen LogP contribution in [0.25, 0.3) is 0 Å². The maximum Gasteiger partial charge on any atom is 0.169 e. The molecule has 88 valence electrons. The van der Waals surface area contributed by atoms with E-state index in [1.807, 2.05) is 0 Å². The van der Waals surface area contributed by atoms with Crippen molar-refractivity contribution in [3.05, 3.63) is 0 Å². The van der Waals surface area contributed by atoms with Crippen LogP contribution in [-0.2, 0) is 9.47 Å². The average molecular weight is 213 g/mol. The van der Waals surface area contributed by atoms with Gasteiger partial charge in [0.15, 0.2) is 5.79 Å².